The maximum absolute atomic E-state index is 5.71. The minimum Gasteiger partial charge on any atom is -0.384 e. The number of morpholine rings is 1. The number of anilines is 1. The van der Waals surface area contributed by atoms with E-state index in [1.165, 1.54) is 5.69 Å². The molecule has 0 aromatic heterocycles. The first-order chi connectivity index (χ1) is 8.79. The summed E-state index contributed by atoms with van der Waals surface area (Å²) in [5.74, 6) is 0. The summed E-state index contributed by atoms with van der Waals surface area (Å²) in [4.78, 5) is 2.55. The Morgan fingerprint density at radius 1 is 1.33 bits per heavy atom. The number of rotatable bonds is 5. The summed E-state index contributed by atoms with van der Waals surface area (Å²) in [7, 11) is 0. The molecule has 3 nitrogen and oxygen atoms in total. The summed E-state index contributed by atoms with van der Waals surface area (Å²) in [5.41, 5.74) is 1.20. The summed E-state index contributed by atoms with van der Waals surface area (Å²) >= 11 is 0. The van der Waals surface area contributed by atoms with Gasteiger partial charge in [-0.15, -0.1) is 0 Å². The molecule has 2 atom stereocenters. The van der Waals surface area contributed by atoms with Gasteiger partial charge in [-0.3, -0.25) is 4.90 Å². The average Bonchev–Trinajstić information content (AvgIpc) is 2.40. The lowest BCUT2D eigenvalue weighted by Gasteiger charge is -2.38. The highest BCUT2D eigenvalue weighted by Crippen LogP contribution is 2.14. The van der Waals surface area contributed by atoms with Crippen molar-refractivity contribution in [1.82, 2.24) is 4.90 Å². The maximum atomic E-state index is 5.71. The molecule has 100 valence electrons. The first-order valence-electron chi connectivity index (χ1n) is 6.94. The highest BCUT2D eigenvalue weighted by atomic mass is 16.5. The molecule has 1 aliphatic heterocycles. The van der Waals surface area contributed by atoms with Crippen LogP contribution in [-0.4, -0.2) is 43.3 Å². The van der Waals surface area contributed by atoms with E-state index in [4.69, 9.17) is 4.74 Å². The van der Waals surface area contributed by atoms with Crippen molar-refractivity contribution < 1.29 is 4.74 Å². The summed E-state index contributed by atoms with van der Waals surface area (Å²) in [6.45, 7) is 8.40. The molecular weight excluding hydrogens is 224 g/mol. The van der Waals surface area contributed by atoms with Crippen LogP contribution in [0.2, 0.25) is 0 Å². The molecule has 0 saturated carbocycles. The largest absolute Gasteiger partial charge is 0.384 e. The van der Waals surface area contributed by atoms with Gasteiger partial charge in [0.25, 0.3) is 0 Å². The van der Waals surface area contributed by atoms with Gasteiger partial charge in [-0.1, -0.05) is 25.1 Å². The van der Waals surface area contributed by atoms with Crippen LogP contribution in [0.5, 0.6) is 0 Å². The zero-order valence-electron chi connectivity index (χ0n) is 11.4. The minimum atomic E-state index is 0.365. The second kappa shape index (κ2) is 6.76. The van der Waals surface area contributed by atoms with E-state index in [1.807, 2.05) is 6.07 Å². The van der Waals surface area contributed by atoms with Crippen LogP contribution >= 0.6 is 0 Å². The monoisotopic (exact) mass is 248 g/mol. The van der Waals surface area contributed by atoms with Gasteiger partial charge in [0.1, 0.15) is 0 Å². The molecule has 0 aliphatic carbocycles. The number of hydrogen-bond donors (Lipinski definition) is 1. The van der Waals surface area contributed by atoms with Crippen LogP contribution < -0.4 is 5.32 Å². The van der Waals surface area contributed by atoms with Gasteiger partial charge in [-0.25, -0.2) is 0 Å². The third-order valence-electron chi connectivity index (χ3n) is 3.55. The summed E-state index contributed by atoms with van der Waals surface area (Å²) in [5, 5.41) is 3.47. The van der Waals surface area contributed by atoms with E-state index in [0.29, 0.717) is 12.1 Å². The van der Waals surface area contributed by atoms with E-state index in [-0.39, 0.29) is 0 Å². The van der Waals surface area contributed by atoms with Crippen molar-refractivity contribution >= 4 is 5.69 Å². The number of nitrogens with one attached hydrogen (secondary N) is 1. The second-order valence-corrected chi connectivity index (χ2v) is 4.99. The number of para-hydroxylation sites is 1. The van der Waals surface area contributed by atoms with Crippen molar-refractivity contribution in [3.8, 4) is 0 Å². The van der Waals surface area contributed by atoms with Gasteiger partial charge in [0.2, 0.25) is 0 Å². The molecule has 2 unspecified atom stereocenters. The summed E-state index contributed by atoms with van der Waals surface area (Å²) in [6.07, 6.45) is 1.53. The summed E-state index contributed by atoms with van der Waals surface area (Å²) < 4.78 is 5.71. The molecule has 0 bridgehead atoms. The zero-order chi connectivity index (χ0) is 12.8. The standard InChI is InChI=1S/C15H24N2O/c1-3-15-12-18-13(2)11-17(15)10-9-16-14-7-5-4-6-8-14/h4-8,13,15-16H,3,9-12H2,1-2H3. The lowest BCUT2D eigenvalue weighted by molar-refractivity contribution is -0.0541. The Kier molecular flexibility index (Phi) is 5.02. The average molecular weight is 248 g/mol. The van der Waals surface area contributed by atoms with Gasteiger partial charge in [0, 0.05) is 31.4 Å². The Bertz CT molecular complexity index is 342. The highest BCUT2D eigenvalue weighted by molar-refractivity contribution is 5.42. The topological polar surface area (TPSA) is 24.5 Å². The predicted molar refractivity (Wildman–Crippen MR) is 76.0 cm³/mol. The molecule has 3 heteroatoms. The fraction of sp³-hybridized carbons (Fsp3) is 0.600. The van der Waals surface area contributed by atoms with Crippen molar-refractivity contribution in [1.29, 1.82) is 0 Å². The van der Waals surface area contributed by atoms with Crippen LogP contribution in [0.25, 0.3) is 0 Å². The fourth-order valence-electron chi connectivity index (χ4n) is 2.46. The van der Waals surface area contributed by atoms with Crippen LogP contribution in [0, 0.1) is 0 Å². The van der Waals surface area contributed by atoms with Gasteiger partial charge in [0.15, 0.2) is 0 Å². The maximum Gasteiger partial charge on any atom is 0.0674 e. The van der Waals surface area contributed by atoms with E-state index < -0.39 is 0 Å². The molecule has 1 aromatic rings. The third-order valence-corrected chi connectivity index (χ3v) is 3.55. The number of benzene rings is 1. The van der Waals surface area contributed by atoms with Crippen molar-refractivity contribution in [2.45, 2.75) is 32.4 Å². The fourth-order valence-corrected chi connectivity index (χ4v) is 2.46. The Morgan fingerprint density at radius 3 is 2.83 bits per heavy atom. The van der Waals surface area contributed by atoms with Crippen molar-refractivity contribution in [2.24, 2.45) is 0 Å². The lowest BCUT2D eigenvalue weighted by atomic mass is 10.1. The normalized spacial score (nSPS) is 25.0. The van der Waals surface area contributed by atoms with Crippen molar-refractivity contribution in [3.63, 3.8) is 0 Å². The Labute approximate surface area is 110 Å². The molecule has 1 saturated heterocycles. The quantitative estimate of drug-likeness (QED) is 0.867. The van der Waals surface area contributed by atoms with Gasteiger partial charge in [-0.2, -0.15) is 0 Å². The van der Waals surface area contributed by atoms with Gasteiger partial charge in [-0.05, 0) is 25.5 Å². The molecule has 2 rings (SSSR count). The highest BCUT2D eigenvalue weighted by Gasteiger charge is 2.24. The van der Waals surface area contributed by atoms with E-state index in [2.05, 4.69) is 48.3 Å². The molecule has 0 spiro atoms. The first-order valence-corrected chi connectivity index (χ1v) is 6.94. The number of ether oxygens (including phenoxy) is 1. The summed E-state index contributed by atoms with van der Waals surface area (Å²) in [6, 6.07) is 11.0. The number of nitrogens with zero attached hydrogens (tertiary/aromatic N) is 1. The van der Waals surface area contributed by atoms with Crippen LogP contribution in [-0.2, 0) is 4.74 Å². The molecule has 0 amide bonds. The SMILES string of the molecule is CCC1COC(C)CN1CCNc1ccccc1. The molecule has 1 aromatic carbocycles. The van der Waals surface area contributed by atoms with Crippen LogP contribution in [0.3, 0.4) is 0 Å². The minimum absolute atomic E-state index is 0.365. The molecular formula is C15H24N2O. The Balaban J connectivity index is 1.77. The molecule has 18 heavy (non-hydrogen) atoms. The number of hydrogen-bond acceptors (Lipinski definition) is 3. The van der Waals surface area contributed by atoms with Crippen molar-refractivity contribution in [2.75, 3.05) is 31.6 Å². The van der Waals surface area contributed by atoms with Crippen LogP contribution in [0.15, 0.2) is 30.3 Å². The molecule has 1 fully saturated rings. The molecule has 1 aliphatic rings. The smallest absolute Gasteiger partial charge is 0.0674 e. The van der Waals surface area contributed by atoms with Crippen LogP contribution in [0.1, 0.15) is 20.3 Å². The molecule has 1 N–H and O–H groups in total. The zero-order valence-corrected chi connectivity index (χ0v) is 11.4. The van der Waals surface area contributed by atoms with Gasteiger partial charge < -0.3 is 10.1 Å². The van der Waals surface area contributed by atoms with Gasteiger partial charge in [0.05, 0.1) is 12.7 Å². The predicted octanol–water partition coefficient (Wildman–Crippen LogP) is 2.60. The third kappa shape index (κ3) is 3.72. The van der Waals surface area contributed by atoms with Gasteiger partial charge >= 0.3 is 0 Å². The lowest BCUT2D eigenvalue weighted by Crippen LogP contribution is -2.49. The molecule has 0 radical (unpaired) electrons. The van der Waals surface area contributed by atoms with Crippen molar-refractivity contribution in [3.05, 3.63) is 30.3 Å². The van der Waals surface area contributed by atoms with E-state index in [0.717, 1.165) is 32.7 Å². The Morgan fingerprint density at radius 2 is 2.11 bits per heavy atom. The second-order valence-electron chi connectivity index (χ2n) is 4.99. The molecule has 1 heterocycles. The first kappa shape index (κ1) is 13.4. The van der Waals surface area contributed by atoms with Crippen LogP contribution in [0.4, 0.5) is 5.69 Å². The van der Waals surface area contributed by atoms with E-state index in [9.17, 15) is 0 Å². The Hall–Kier alpha value is -1.06. The van der Waals surface area contributed by atoms with E-state index >= 15 is 0 Å². The van der Waals surface area contributed by atoms with E-state index in [1.54, 1.807) is 0 Å².